The highest BCUT2D eigenvalue weighted by Crippen LogP contribution is 2.19. The Balaban J connectivity index is 1.64. The van der Waals surface area contributed by atoms with Crippen molar-refractivity contribution in [3.05, 3.63) is 59.2 Å². The fourth-order valence-corrected chi connectivity index (χ4v) is 3.32. The van der Waals surface area contributed by atoms with Crippen LogP contribution in [0.5, 0.6) is 5.75 Å². The van der Waals surface area contributed by atoms with Gasteiger partial charge in [-0.2, -0.15) is 5.10 Å². The van der Waals surface area contributed by atoms with Gasteiger partial charge in [-0.1, -0.05) is 17.7 Å². The Bertz CT molecular complexity index is 951. The van der Waals surface area contributed by atoms with E-state index in [0.29, 0.717) is 11.4 Å². The van der Waals surface area contributed by atoms with Gasteiger partial charge in [-0.15, -0.1) is 0 Å². The molecule has 1 saturated heterocycles. The first-order valence-electron chi connectivity index (χ1n) is 10.3. The maximum atomic E-state index is 12.1. The number of hydrogen-bond donors (Lipinski definition) is 3. The van der Waals surface area contributed by atoms with E-state index in [1.165, 1.54) is 4.90 Å². The SMILES string of the molecule is COc1ccc(/C(C)=N\NC(=O)C(=O)Nc2ccc(C)cc2)cc1C[NH+]1CCOCC1. The second-order valence-corrected chi connectivity index (χ2v) is 7.52. The molecule has 0 aromatic heterocycles. The van der Waals surface area contributed by atoms with Gasteiger partial charge in [0.15, 0.2) is 0 Å². The van der Waals surface area contributed by atoms with Gasteiger partial charge in [-0.3, -0.25) is 9.59 Å². The highest BCUT2D eigenvalue weighted by atomic mass is 16.5. The molecule has 2 amide bonds. The van der Waals surface area contributed by atoms with Crippen LogP contribution >= 0.6 is 0 Å². The van der Waals surface area contributed by atoms with Crippen LogP contribution in [0.2, 0.25) is 0 Å². The Labute approximate surface area is 182 Å². The molecule has 0 aliphatic carbocycles. The van der Waals surface area contributed by atoms with E-state index in [2.05, 4.69) is 15.8 Å². The number of hydrogen-bond acceptors (Lipinski definition) is 5. The average Bonchev–Trinajstić information content (AvgIpc) is 2.79. The molecule has 0 atom stereocenters. The summed E-state index contributed by atoms with van der Waals surface area (Å²) < 4.78 is 10.9. The van der Waals surface area contributed by atoms with Crippen molar-refractivity contribution in [3.63, 3.8) is 0 Å². The maximum absolute atomic E-state index is 12.1. The number of carbonyl (C=O) groups is 2. The fraction of sp³-hybridized carbons (Fsp3) is 0.348. The predicted molar refractivity (Wildman–Crippen MR) is 118 cm³/mol. The number of anilines is 1. The van der Waals surface area contributed by atoms with Gasteiger partial charge in [0.25, 0.3) is 0 Å². The number of benzene rings is 2. The lowest BCUT2D eigenvalue weighted by Crippen LogP contribution is -3.12. The van der Waals surface area contributed by atoms with Crippen molar-refractivity contribution in [2.75, 3.05) is 38.7 Å². The van der Waals surface area contributed by atoms with E-state index >= 15 is 0 Å². The van der Waals surface area contributed by atoms with Crippen LogP contribution in [0, 0.1) is 6.92 Å². The first-order chi connectivity index (χ1) is 15.0. The summed E-state index contributed by atoms with van der Waals surface area (Å²) >= 11 is 0. The first-order valence-corrected chi connectivity index (χ1v) is 10.3. The normalized spacial score (nSPS) is 14.7. The summed E-state index contributed by atoms with van der Waals surface area (Å²) in [5.74, 6) is -0.782. The number of nitrogens with one attached hydrogen (secondary N) is 3. The zero-order valence-corrected chi connectivity index (χ0v) is 18.2. The van der Waals surface area contributed by atoms with Crippen LogP contribution in [0.4, 0.5) is 5.69 Å². The Morgan fingerprint density at radius 2 is 1.81 bits per heavy atom. The molecular formula is C23H29N4O4+. The molecule has 0 unspecified atom stereocenters. The van der Waals surface area contributed by atoms with Crippen molar-refractivity contribution in [3.8, 4) is 5.75 Å². The molecule has 0 saturated carbocycles. The summed E-state index contributed by atoms with van der Waals surface area (Å²) in [6.07, 6.45) is 0. The van der Waals surface area contributed by atoms with E-state index in [9.17, 15) is 9.59 Å². The highest BCUT2D eigenvalue weighted by Gasteiger charge is 2.18. The maximum Gasteiger partial charge on any atom is 0.329 e. The lowest BCUT2D eigenvalue weighted by atomic mass is 10.1. The summed E-state index contributed by atoms with van der Waals surface area (Å²) in [5, 5.41) is 6.66. The third-order valence-electron chi connectivity index (χ3n) is 5.18. The van der Waals surface area contributed by atoms with Crippen LogP contribution in [0.3, 0.4) is 0 Å². The quantitative estimate of drug-likeness (QED) is 0.364. The molecule has 8 heteroatoms. The van der Waals surface area contributed by atoms with E-state index in [1.54, 1.807) is 26.2 Å². The molecule has 2 aromatic rings. The minimum Gasteiger partial charge on any atom is -0.496 e. The summed E-state index contributed by atoms with van der Waals surface area (Å²) in [7, 11) is 1.65. The third kappa shape index (κ3) is 6.37. The summed E-state index contributed by atoms with van der Waals surface area (Å²) in [5.41, 5.74) is 6.45. The monoisotopic (exact) mass is 425 g/mol. The van der Waals surface area contributed by atoms with Crippen molar-refractivity contribution in [1.29, 1.82) is 0 Å². The van der Waals surface area contributed by atoms with E-state index in [1.807, 2.05) is 37.3 Å². The molecule has 0 spiro atoms. The number of methoxy groups -OCH3 is 1. The Morgan fingerprint density at radius 1 is 1.10 bits per heavy atom. The molecule has 164 valence electrons. The third-order valence-corrected chi connectivity index (χ3v) is 5.18. The minimum atomic E-state index is -0.827. The molecule has 0 bridgehead atoms. The van der Waals surface area contributed by atoms with Gasteiger partial charge in [-0.25, -0.2) is 5.43 Å². The summed E-state index contributed by atoms with van der Waals surface area (Å²) in [6.45, 7) is 7.97. The topological polar surface area (TPSA) is 93.5 Å². The Kier molecular flexibility index (Phi) is 7.75. The van der Waals surface area contributed by atoms with Crippen LogP contribution in [-0.2, 0) is 20.9 Å². The second kappa shape index (κ2) is 10.7. The number of amides is 2. The molecule has 2 aromatic carbocycles. The van der Waals surface area contributed by atoms with Crippen LogP contribution in [0.1, 0.15) is 23.6 Å². The van der Waals surface area contributed by atoms with Crippen molar-refractivity contribution < 1.29 is 24.0 Å². The molecule has 1 heterocycles. The number of nitrogens with zero attached hydrogens (tertiary/aromatic N) is 1. The molecule has 8 nitrogen and oxygen atoms in total. The first kappa shape index (κ1) is 22.5. The Morgan fingerprint density at radius 3 is 2.48 bits per heavy atom. The van der Waals surface area contributed by atoms with E-state index in [-0.39, 0.29) is 0 Å². The predicted octanol–water partition coefficient (Wildman–Crippen LogP) is 0.898. The zero-order valence-electron chi connectivity index (χ0n) is 18.2. The van der Waals surface area contributed by atoms with Crippen LogP contribution in [0.25, 0.3) is 0 Å². The summed E-state index contributed by atoms with van der Waals surface area (Å²) in [6, 6.07) is 13.0. The molecule has 3 rings (SSSR count). The number of hydrazone groups is 1. The lowest BCUT2D eigenvalue weighted by molar-refractivity contribution is -0.921. The molecule has 31 heavy (non-hydrogen) atoms. The van der Waals surface area contributed by atoms with Crippen molar-refractivity contribution in [1.82, 2.24) is 5.43 Å². The van der Waals surface area contributed by atoms with Crippen molar-refractivity contribution in [2.45, 2.75) is 20.4 Å². The van der Waals surface area contributed by atoms with Crippen molar-refractivity contribution >= 4 is 23.2 Å². The number of ether oxygens (including phenoxy) is 2. The number of aryl methyl sites for hydroxylation is 1. The van der Waals surface area contributed by atoms with Gasteiger partial charge < -0.3 is 19.7 Å². The van der Waals surface area contributed by atoms with Gasteiger partial charge in [0.05, 0.1) is 26.0 Å². The summed E-state index contributed by atoms with van der Waals surface area (Å²) in [4.78, 5) is 25.6. The van der Waals surface area contributed by atoms with Crippen LogP contribution in [0.15, 0.2) is 47.6 Å². The van der Waals surface area contributed by atoms with E-state index in [4.69, 9.17) is 9.47 Å². The number of rotatable bonds is 6. The van der Waals surface area contributed by atoms with Crippen LogP contribution in [-0.4, -0.2) is 50.9 Å². The second-order valence-electron chi connectivity index (χ2n) is 7.52. The standard InChI is InChI=1S/C23H28N4O4/c1-16-4-7-20(8-5-16)24-22(28)23(29)26-25-17(2)18-6-9-21(30-3)19(14-18)15-27-10-12-31-13-11-27/h4-9,14H,10-13,15H2,1-3H3,(H,24,28)(H,26,29)/p+1/b25-17-. The largest absolute Gasteiger partial charge is 0.496 e. The van der Waals surface area contributed by atoms with Gasteiger partial charge in [0.1, 0.15) is 25.4 Å². The molecule has 0 radical (unpaired) electrons. The highest BCUT2D eigenvalue weighted by molar-refractivity contribution is 6.39. The van der Waals surface area contributed by atoms with Gasteiger partial charge >= 0.3 is 11.8 Å². The average molecular weight is 426 g/mol. The van der Waals surface area contributed by atoms with Gasteiger partial charge in [-0.05, 0) is 49.7 Å². The molecular weight excluding hydrogens is 396 g/mol. The molecule has 3 N–H and O–H groups in total. The molecule has 1 fully saturated rings. The van der Waals surface area contributed by atoms with E-state index < -0.39 is 11.8 Å². The lowest BCUT2D eigenvalue weighted by Gasteiger charge is -2.24. The number of carbonyl (C=O) groups excluding carboxylic acids is 2. The smallest absolute Gasteiger partial charge is 0.329 e. The Hall–Kier alpha value is -3.23. The minimum absolute atomic E-state index is 0.553. The number of quaternary nitrogens is 1. The molecule has 1 aliphatic rings. The number of morpholine rings is 1. The van der Waals surface area contributed by atoms with Crippen molar-refractivity contribution in [2.24, 2.45) is 5.10 Å². The fourth-order valence-electron chi connectivity index (χ4n) is 3.32. The zero-order chi connectivity index (χ0) is 22.2. The van der Waals surface area contributed by atoms with Gasteiger partial charge in [0.2, 0.25) is 0 Å². The molecule has 1 aliphatic heterocycles. The van der Waals surface area contributed by atoms with E-state index in [0.717, 1.165) is 55.3 Å². The van der Waals surface area contributed by atoms with Crippen LogP contribution < -0.4 is 20.4 Å². The van der Waals surface area contributed by atoms with Gasteiger partial charge in [0, 0.05) is 11.3 Å².